The number of carbonyl (C=O) groups is 1. The van der Waals surface area contributed by atoms with Gasteiger partial charge in [0.05, 0.1) is 6.04 Å². The first kappa shape index (κ1) is 17.0. The molecular weight excluding hydrogens is 324 g/mol. The van der Waals surface area contributed by atoms with Crippen LogP contribution in [0.5, 0.6) is 0 Å². The number of amides is 1. The molecule has 2 aliphatic rings. The van der Waals surface area contributed by atoms with Gasteiger partial charge in [-0.2, -0.15) is 0 Å². The van der Waals surface area contributed by atoms with Crippen molar-refractivity contribution < 1.29 is 9.53 Å². The highest BCUT2D eigenvalue weighted by Crippen LogP contribution is 2.43. The lowest BCUT2D eigenvalue weighted by molar-refractivity contribution is 0.125. The largest absolute Gasteiger partial charge is 0.445 e. The molecule has 0 aromatic heterocycles. The summed E-state index contributed by atoms with van der Waals surface area (Å²) in [6, 6.07) is 18.4. The molecule has 4 nitrogen and oxygen atoms in total. The van der Waals surface area contributed by atoms with Crippen LogP contribution in [0.25, 0.3) is 0 Å². The normalized spacial score (nSPS) is 24.7. The number of para-hydroxylation sites is 1. The van der Waals surface area contributed by atoms with Crippen LogP contribution in [0.1, 0.15) is 43.4 Å². The van der Waals surface area contributed by atoms with Crippen LogP contribution in [0.2, 0.25) is 0 Å². The van der Waals surface area contributed by atoms with Crippen molar-refractivity contribution in [2.75, 3.05) is 5.32 Å². The molecule has 1 amide bonds. The number of nitrogens with one attached hydrogen (secondary N) is 2. The molecule has 1 saturated carbocycles. The number of hydrogen-bond acceptors (Lipinski definition) is 3. The lowest BCUT2D eigenvalue weighted by Gasteiger charge is -2.45. The van der Waals surface area contributed by atoms with Gasteiger partial charge in [-0.3, -0.25) is 0 Å². The minimum absolute atomic E-state index is 0.0266. The molecule has 4 rings (SSSR count). The number of alkyl carbamates (subject to hydrolysis) is 1. The fraction of sp³-hybridized carbons (Fsp3) is 0.409. The number of anilines is 1. The second kappa shape index (κ2) is 7.40. The smallest absolute Gasteiger partial charge is 0.407 e. The van der Waals surface area contributed by atoms with E-state index in [0.29, 0.717) is 24.5 Å². The molecule has 0 saturated heterocycles. The Hall–Kier alpha value is -2.49. The molecular formula is C22H26N2O2. The maximum Gasteiger partial charge on any atom is 0.407 e. The van der Waals surface area contributed by atoms with Crippen molar-refractivity contribution >= 4 is 11.8 Å². The molecule has 1 heterocycles. The van der Waals surface area contributed by atoms with Gasteiger partial charge in [-0.15, -0.1) is 0 Å². The number of carbonyl (C=O) groups excluding carboxylic acids is 1. The molecule has 1 fully saturated rings. The van der Waals surface area contributed by atoms with Crippen LogP contribution >= 0.6 is 0 Å². The number of ether oxygens (including phenoxy) is 1. The van der Waals surface area contributed by atoms with Crippen LogP contribution in [0.3, 0.4) is 0 Å². The average Bonchev–Trinajstić information content (AvgIpc) is 2.63. The van der Waals surface area contributed by atoms with Crippen molar-refractivity contribution in [3.8, 4) is 0 Å². The maximum absolute atomic E-state index is 12.4. The quantitative estimate of drug-likeness (QED) is 0.826. The van der Waals surface area contributed by atoms with Crippen LogP contribution in [0.4, 0.5) is 10.5 Å². The lowest BCUT2D eigenvalue weighted by Crippen LogP contribution is -2.48. The summed E-state index contributed by atoms with van der Waals surface area (Å²) in [5, 5.41) is 6.84. The molecule has 2 N–H and O–H groups in total. The zero-order chi connectivity index (χ0) is 17.9. The van der Waals surface area contributed by atoms with Gasteiger partial charge in [0.1, 0.15) is 6.61 Å². The third kappa shape index (κ3) is 3.41. The Morgan fingerprint density at radius 3 is 2.58 bits per heavy atom. The Morgan fingerprint density at radius 1 is 1.12 bits per heavy atom. The zero-order valence-electron chi connectivity index (χ0n) is 15.2. The van der Waals surface area contributed by atoms with E-state index in [9.17, 15) is 4.79 Å². The topological polar surface area (TPSA) is 50.4 Å². The fourth-order valence-corrected chi connectivity index (χ4v) is 4.15. The van der Waals surface area contributed by atoms with Crippen LogP contribution in [-0.2, 0) is 11.3 Å². The van der Waals surface area contributed by atoms with Gasteiger partial charge in [0.25, 0.3) is 0 Å². The average molecular weight is 350 g/mol. The molecule has 1 aliphatic carbocycles. The summed E-state index contributed by atoms with van der Waals surface area (Å²) in [7, 11) is 0. The van der Waals surface area contributed by atoms with Gasteiger partial charge in [0.2, 0.25) is 0 Å². The van der Waals surface area contributed by atoms with E-state index in [0.717, 1.165) is 16.8 Å². The second-order valence-corrected chi connectivity index (χ2v) is 7.49. The van der Waals surface area contributed by atoms with Gasteiger partial charge in [-0.05, 0) is 36.0 Å². The second-order valence-electron chi connectivity index (χ2n) is 7.49. The Bertz CT molecular complexity index is 758. The van der Waals surface area contributed by atoms with E-state index >= 15 is 0 Å². The Balaban J connectivity index is 1.47. The third-order valence-corrected chi connectivity index (χ3v) is 5.85. The van der Waals surface area contributed by atoms with Crippen molar-refractivity contribution in [1.82, 2.24) is 5.32 Å². The highest BCUT2D eigenvalue weighted by Gasteiger charge is 2.40. The summed E-state index contributed by atoms with van der Waals surface area (Å²) in [6.45, 7) is 2.52. The van der Waals surface area contributed by atoms with Crippen LogP contribution in [0, 0.1) is 11.8 Å². The van der Waals surface area contributed by atoms with E-state index in [1.807, 2.05) is 42.5 Å². The molecule has 1 unspecified atom stereocenters. The lowest BCUT2D eigenvalue weighted by atomic mass is 9.70. The summed E-state index contributed by atoms with van der Waals surface area (Å²) in [5.74, 6) is 1.02. The molecule has 26 heavy (non-hydrogen) atoms. The van der Waals surface area contributed by atoms with Gasteiger partial charge in [-0.25, -0.2) is 4.79 Å². The molecule has 136 valence electrons. The zero-order valence-corrected chi connectivity index (χ0v) is 15.2. The van der Waals surface area contributed by atoms with Gasteiger partial charge < -0.3 is 15.4 Å². The van der Waals surface area contributed by atoms with Crippen LogP contribution in [0.15, 0.2) is 54.6 Å². The number of rotatable bonds is 4. The molecule has 4 heteroatoms. The van der Waals surface area contributed by atoms with E-state index in [4.69, 9.17) is 4.74 Å². The number of fused-ring (bicyclic) bond motifs is 1. The SMILES string of the molecule is C[C@@H]1C(NC(=O)OCc2ccccc2)c2ccccc2N[C@H]1C1CCC1. The molecule has 0 spiro atoms. The standard InChI is InChI=1S/C22H26N2O2/c1-15-20(17-10-7-11-17)23-19-13-6-5-12-18(19)21(15)24-22(25)26-14-16-8-3-2-4-9-16/h2-6,8-9,12-13,15,17,20-21,23H,7,10-11,14H2,1H3,(H,24,25)/t15-,20+,21?/m0/s1. The summed E-state index contributed by atoms with van der Waals surface area (Å²) in [5.41, 5.74) is 3.27. The first-order chi connectivity index (χ1) is 12.7. The minimum Gasteiger partial charge on any atom is -0.445 e. The predicted molar refractivity (Wildman–Crippen MR) is 103 cm³/mol. The van der Waals surface area contributed by atoms with Crippen molar-refractivity contribution in [3.05, 3.63) is 65.7 Å². The van der Waals surface area contributed by atoms with Gasteiger partial charge in [-0.1, -0.05) is 61.9 Å². The minimum atomic E-state index is -0.352. The highest BCUT2D eigenvalue weighted by atomic mass is 16.5. The van der Waals surface area contributed by atoms with Crippen molar-refractivity contribution in [2.24, 2.45) is 11.8 Å². The Kier molecular flexibility index (Phi) is 4.83. The monoisotopic (exact) mass is 350 g/mol. The number of hydrogen-bond donors (Lipinski definition) is 2. The summed E-state index contributed by atoms with van der Waals surface area (Å²) in [6.07, 6.45) is 3.51. The molecule has 0 radical (unpaired) electrons. The predicted octanol–water partition coefficient (Wildman–Crippen LogP) is 4.88. The van der Waals surface area contributed by atoms with Crippen molar-refractivity contribution in [1.29, 1.82) is 0 Å². The van der Waals surface area contributed by atoms with E-state index in [-0.39, 0.29) is 12.1 Å². The number of benzene rings is 2. The first-order valence-corrected chi connectivity index (χ1v) is 9.55. The fourth-order valence-electron chi connectivity index (χ4n) is 4.15. The molecule has 1 aliphatic heterocycles. The summed E-state index contributed by atoms with van der Waals surface area (Å²) in [4.78, 5) is 12.4. The molecule has 3 atom stereocenters. The molecule has 2 aromatic rings. The van der Waals surface area contributed by atoms with Crippen molar-refractivity contribution in [2.45, 2.75) is 44.9 Å². The summed E-state index contributed by atoms with van der Waals surface area (Å²) >= 11 is 0. The Morgan fingerprint density at radius 2 is 1.85 bits per heavy atom. The maximum atomic E-state index is 12.4. The van der Waals surface area contributed by atoms with Crippen LogP contribution in [-0.4, -0.2) is 12.1 Å². The van der Waals surface area contributed by atoms with Gasteiger partial charge in [0, 0.05) is 17.6 Å². The van der Waals surface area contributed by atoms with E-state index in [2.05, 4.69) is 29.7 Å². The van der Waals surface area contributed by atoms with E-state index < -0.39 is 0 Å². The first-order valence-electron chi connectivity index (χ1n) is 9.55. The molecule has 2 aromatic carbocycles. The van der Waals surface area contributed by atoms with Gasteiger partial charge >= 0.3 is 6.09 Å². The van der Waals surface area contributed by atoms with E-state index in [1.165, 1.54) is 19.3 Å². The Labute approximate surface area is 155 Å². The molecule has 0 bridgehead atoms. The van der Waals surface area contributed by atoms with Crippen molar-refractivity contribution in [3.63, 3.8) is 0 Å². The third-order valence-electron chi connectivity index (χ3n) is 5.85. The van der Waals surface area contributed by atoms with Crippen LogP contribution < -0.4 is 10.6 Å². The summed E-state index contributed by atoms with van der Waals surface area (Å²) < 4.78 is 5.46. The van der Waals surface area contributed by atoms with E-state index in [1.54, 1.807) is 0 Å². The highest BCUT2D eigenvalue weighted by molar-refractivity contribution is 5.69. The van der Waals surface area contributed by atoms with Gasteiger partial charge in [0.15, 0.2) is 0 Å².